The molecular weight excluding hydrogens is 226 g/mol. The zero-order chi connectivity index (χ0) is 12.3. The molecule has 2 N–H and O–H groups in total. The highest BCUT2D eigenvalue weighted by atomic mass is 19.3. The van der Waals surface area contributed by atoms with Gasteiger partial charge in [0.05, 0.1) is 6.04 Å². The lowest BCUT2D eigenvalue weighted by Crippen LogP contribution is -2.37. The summed E-state index contributed by atoms with van der Waals surface area (Å²) in [6.07, 6.45) is -2.12. The molecule has 0 saturated heterocycles. The van der Waals surface area contributed by atoms with Crippen molar-refractivity contribution in [3.8, 4) is 0 Å². The number of nitrogens with one attached hydrogen (secondary N) is 2. The number of amides is 1. The molecule has 17 heavy (non-hydrogen) atoms. The van der Waals surface area contributed by atoms with E-state index in [0.29, 0.717) is 6.54 Å². The van der Waals surface area contributed by atoms with E-state index in [-0.39, 0.29) is 6.04 Å². The number of carbonyl (C=O) groups excluding carboxylic acids is 1. The average molecular weight is 240 g/mol. The maximum atomic E-state index is 12.2. The first-order chi connectivity index (χ1) is 8.18. The Balaban J connectivity index is 2.20. The van der Waals surface area contributed by atoms with Crippen molar-refractivity contribution in [3.63, 3.8) is 0 Å². The Morgan fingerprint density at radius 2 is 2.18 bits per heavy atom. The van der Waals surface area contributed by atoms with Gasteiger partial charge in [-0.2, -0.15) is 8.78 Å². The second-order valence-electron chi connectivity index (χ2n) is 4.01. The average Bonchev–Trinajstić information content (AvgIpc) is 2.52. The molecule has 1 aromatic carbocycles. The molecule has 92 valence electrons. The molecule has 0 bridgehead atoms. The van der Waals surface area contributed by atoms with Crippen LogP contribution in [0.2, 0.25) is 0 Å². The van der Waals surface area contributed by atoms with Crippen LogP contribution in [0, 0.1) is 0 Å². The molecule has 0 saturated carbocycles. The largest absolute Gasteiger partial charge is 0.343 e. The third-order valence-corrected chi connectivity index (χ3v) is 2.86. The van der Waals surface area contributed by atoms with Crippen molar-refractivity contribution in [2.45, 2.75) is 18.9 Å². The number of carbonyl (C=O) groups is 1. The maximum absolute atomic E-state index is 12.2. The van der Waals surface area contributed by atoms with Crippen LogP contribution in [0.5, 0.6) is 0 Å². The molecule has 1 heterocycles. The fourth-order valence-corrected chi connectivity index (χ4v) is 2.04. The van der Waals surface area contributed by atoms with Crippen LogP contribution >= 0.6 is 0 Å². The molecule has 1 aliphatic rings. The molecule has 1 aromatic rings. The van der Waals surface area contributed by atoms with E-state index in [2.05, 4.69) is 10.6 Å². The monoisotopic (exact) mass is 240 g/mol. The smallest absolute Gasteiger partial charge is 0.315 e. The standard InChI is InChI=1S/C12H14F2N2O/c13-11(14)12(17)16-10-7-15-6-5-8-3-1-2-4-9(8)10/h1-4,10-11,15H,5-7H2,(H,16,17). The Hall–Kier alpha value is -1.49. The van der Waals surface area contributed by atoms with E-state index in [4.69, 9.17) is 0 Å². The molecule has 1 amide bonds. The third kappa shape index (κ3) is 2.79. The predicted octanol–water partition coefficient (Wildman–Crippen LogP) is 1.25. The highest BCUT2D eigenvalue weighted by molar-refractivity contribution is 5.79. The lowest BCUT2D eigenvalue weighted by molar-refractivity contribution is -0.132. The van der Waals surface area contributed by atoms with Gasteiger partial charge in [-0.3, -0.25) is 4.79 Å². The summed E-state index contributed by atoms with van der Waals surface area (Å²) < 4.78 is 24.5. The molecule has 1 unspecified atom stereocenters. The van der Waals surface area contributed by atoms with Gasteiger partial charge in [-0.15, -0.1) is 0 Å². The van der Waals surface area contributed by atoms with Gasteiger partial charge >= 0.3 is 6.43 Å². The van der Waals surface area contributed by atoms with Crippen LogP contribution in [-0.2, 0) is 11.2 Å². The van der Waals surface area contributed by atoms with Gasteiger partial charge in [0.2, 0.25) is 0 Å². The second-order valence-corrected chi connectivity index (χ2v) is 4.01. The van der Waals surface area contributed by atoms with Crippen molar-refractivity contribution in [3.05, 3.63) is 35.4 Å². The number of halogens is 2. The van der Waals surface area contributed by atoms with Crippen molar-refractivity contribution in [2.24, 2.45) is 0 Å². The molecule has 0 aliphatic carbocycles. The van der Waals surface area contributed by atoms with Crippen LogP contribution in [0.4, 0.5) is 8.78 Å². The summed E-state index contributed by atoms with van der Waals surface area (Å²) in [4.78, 5) is 11.0. The van der Waals surface area contributed by atoms with E-state index < -0.39 is 12.3 Å². The number of hydrogen-bond acceptors (Lipinski definition) is 2. The molecule has 0 radical (unpaired) electrons. The molecule has 5 heteroatoms. The van der Waals surface area contributed by atoms with Crippen LogP contribution in [0.1, 0.15) is 17.2 Å². The maximum Gasteiger partial charge on any atom is 0.315 e. The van der Waals surface area contributed by atoms with E-state index in [1.165, 1.54) is 0 Å². The highest BCUT2D eigenvalue weighted by Gasteiger charge is 2.23. The molecular formula is C12H14F2N2O. The van der Waals surface area contributed by atoms with Gasteiger partial charge in [-0.1, -0.05) is 24.3 Å². The molecule has 0 fully saturated rings. The van der Waals surface area contributed by atoms with Crippen LogP contribution < -0.4 is 10.6 Å². The number of rotatable bonds is 2. The minimum atomic E-state index is -2.97. The normalized spacial score (nSPS) is 19.6. The van der Waals surface area contributed by atoms with Crippen molar-refractivity contribution in [1.82, 2.24) is 10.6 Å². The lowest BCUT2D eigenvalue weighted by atomic mass is 9.99. The van der Waals surface area contributed by atoms with Crippen LogP contribution in [0.25, 0.3) is 0 Å². The molecule has 3 nitrogen and oxygen atoms in total. The van der Waals surface area contributed by atoms with E-state index >= 15 is 0 Å². The van der Waals surface area contributed by atoms with E-state index in [1.54, 1.807) is 0 Å². The Morgan fingerprint density at radius 3 is 2.94 bits per heavy atom. The summed E-state index contributed by atoms with van der Waals surface area (Å²) in [6.45, 7) is 1.27. The first kappa shape index (κ1) is 12.0. The SMILES string of the molecule is O=C(NC1CNCCc2ccccc21)C(F)F. The Labute approximate surface area is 98.2 Å². The van der Waals surface area contributed by atoms with E-state index in [0.717, 1.165) is 24.1 Å². The number of fused-ring (bicyclic) bond motifs is 1. The van der Waals surface area contributed by atoms with Crippen molar-refractivity contribution < 1.29 is 13.6 Å². The summed E-state index contributed by atoms with van der Waals surface area (Å²) in [5.41, 5.74) is 2.02. The van der Waals surface area contributed by atoms with Gasteiger partial charge in [-0.05, 0) is 24.1 Å². The summed E-state index contributed by atoms with van der Waals surface area (Å²) in [7, 11) is 0. The minimum absolute atomic E-state index is 0.379. The van der Waals surface area contributed by atoms with E-state index in [9.17, 15) is 13.6 Å². The minimum Gasteiger partial charge on any atom is -0.343 e. The summed E-state index contributed by atoms with van der Waals surface area (Å²) in [5.74, 6) is -1.21. The third-order valence-electron chi connectivity index (χ3n) is 2.86. The van der Waals surface area contributed by atoms with Gasteiger partial charge in [0, 0.05) is 6.54 Å². The topological polar surface area (TPSA) is 41.1 Å². The highest BCUT2D eigenvalue weighted by Crippen LogP contribution is 2.20. The van der Waals surface area contributed by atoms with Crippen LogP contribution in [0.15, 0.2) is 24.3 Å². The molecule has 0 aromatic heterocycles. The van der Waals surface area contributed by atoms with Gasteiger partial charge in [-0.25, -0.2) is 0 Å². The van der Waals surface area contributed by atoms with Gasteiger partial charge in [0.25, 0.3) is 5.91 Å². The van der Waals surface area contributed by atoms with Crippen LogP contribution in [-0.4, -0.2) is 25.4 Å². The molecule has 0 spiro atoms. The Morgan fingerprint density at radius 1 is 1.41 bits per heavy atom. The fraction of sp³-hybridized carbons (Fsp3) is 0.417. The molecule has 1 atom stereocenters. The first-order valence-corrected chi connectivity index (χ1v) is 5.55. The zero-order valence-electron chi connectivity index (χ0n) is 9.25. The summed E-state index contributed by atoms with van der Waals surface area (Å²) in [5, 5.41) is 5.49. The zero-order valence-corrected chi connectivity index (χ0v) is 9.25. The predicted molar refractivity (Wildman–Crippen MR) is 59.9 cm³/mol. The molecule has 1 aliphatic heterocycles. The Bertz CT molecular complexity index is 409. The molecule has 2 rings (SSSR count). The van der Waals surface area contributed by atoms with Gasteiger partial charge < -0.3 is 10.6 Å². The summed E-state index contributed by atoms with van der Waals surface area (Å²) in [6, 6.07) is 7.22. The van der Waals surface area contributed by atoms with E-state index in [1.807, 2.05) is 24.3 Å². The van der Waals surface area contributed by atoms with Crippen molar-refractivity contribution in [1.29, 1.82) is 0 Å². The quantitative estimate of drug-likeness (QED) is 0.817. The lowest BCUT2D eigenvalue weighted by Gasteiger charge is -2.18. The van der Waals surface area contributed by atoms with Crippen LogP contribution in [0.3, 0.4) is 0 Å². The number of alkyl halides is 2. The second kappa shape index (κ2) is 5.23. The van der Waals surface area contributed by atoms with Gasteiger partial charge in [0.15, 0.2) is 0 Å². The number of benzene rings is 1. The Kier molecular flexibility index (Phi) is 3.68. The number of hydrogen-bond donors (Lipinski definition) is 2. The fourth-order valence-electron chi connectivity index (χ4n) is 2.04. The van der Waals surface area contributed by atoms with Gasteiger partial charge in [0.1, 0.15) is 0 Å². The van der Waals surface area contributed by atoms with Crippen molar-refractivity contribution >= 4 is 5.91 Å². The van der Waals surface area contributed by atoms with Crippen molar-refractivity contribution in [2.75, 3.05) is 13.1 Å². The summed E-state index contributed by atoms with van der Waals surface area (Å²) >= 11 is 0. The first-order valence-electron chi connectivity index (χ1n) is 5.55.